The molecule has 1 unspecified atom stereocenters. The van der Waals surface area contributed by atoms with E-state index >= 15 is 0 Å². The highest BCUT2D eigenvalue weighted by molar-refractivity contribution is 5.39. The van der Waals surface area contributed by atoms with Gasteiger partial charge in [-0.1, -0.05) is 32.0 Å². The van der Waals surface area contributed by atoms with Crippen molar-refractivity contribution in [3.63, 3.8) is 0 Å². The van der Waals surface area contributed by atoms with Gasteiger partial charge < -0.3 is 20.7 Å². The van der Waals surface area contributed by atoms with Gasteiger partial charge in [0.15, 0.2) is 0 Å². The van der Waals surface area contributed by atoms with Crippen LogP contribution in [0.5, 0.6) is 5.75 Å². The fourth-order valence-electron chi connectivity index (χ4n) is 3.63. The minimum absolute atomic E-state index is 0.0152. The van der Waals surface area contributed by atoms with E-state index in [-0.39, 0.29) is 23.6 Å². The third kappa shape index (κ3) is 3.31. The predicted molar refractivity (Wildman–Crippen MR) is 101 cm³/mol. The topological polar surface area (TPSA) is 89.2 Å². The standard InChI is InChI=1S/C19H26N6O/c1-19(2)15(10-16(19)26-14-6-4-3-5-7-14)23-17-21-12-22-18(24-17)25-9-8-13(20)11-25/h3-7,12-13,15-16H,8-11,20H2,1-2H3,(H,21,22,23,24)/t13?,15-,16+/m1/s1. The van der Waals surface area contributed by atoms with Crippen molar-refractivity contribution >= 4 is 11.9 Å². The van der Waals surface area contributed by atoms with Crippen LogP contribution in [0.15, 0.2) is 36.7 Å². The molecule has 7 heteroatoms. The van der Waals surface area contributed by atoms with Gasteiger partial charge in [0.05, 0.1) is 0 Å². The number of nitrogens with two attached hydrogens (primary N) is 1. The number of para-hydroxylation sites is 1. The SMILES string of the molecule is CC1(C)[C@@H](Oc2ccccc2)C[C@H]1Nc1ncnc(N2CCC(N)C2)n1. The predicted octanol–water partition coefficient (Wildman–Crippen LogP) is 2.07. The van der Waals surface area contributed by atoms with Gasteiger partial charge in [-0.05, 0) is 18.6 Å². The molecule has 1 aliphatic carbocycles. The van der Waals surface area contributed by atoms with E-state index in [0.717, 1.165) is 31.7 Å². The van der Waals surface area contributed by atoms with Crippen molar-refractivity contribution in [2.24, 2.45) is 11.1 Å². The molecule has 2 aromatic rings. The van der Waals surface area contributed by atoms with Crippen LogP contribution in [-0.2, 0) is 0 Å². The largest absolute Gasteiger partial charge is 0.490 e. The highest BCUT2D eigenvalue weighted by Gasteiger charge is 2.50. The van der Waals surface area contributed by atoms with Crippen molar-refractivity contribution in [1.82, 2.24) is 15.0 Å². The Bertz CT molecular complexity index is 753. The molecule has 0 bridgehead atoms. The second-order valence-corrected chi connectivity index (χ2v) is 7.78. The molecule has 138 valence electrons. The van der Waals surface area contributed by atoms with Crippen molar-refractivity contribution in [1.29, 1.82) is 0 Å². The molecule has 0 radical (unpaired) electrons. The molecule has 0 amide bonds. The van der Waals surface area contributed by atoms with Crippen LogP contribution in [0.25, 0.3) is 0 Å². The zero-order valence-electron chi connectivity index (χ0n) is 15.3. The van der Waals surface area contributed by atoms with E-state index in [0.29, 0.717) is 11.9 Å². The lowest BCUT2D eigenvalue weighted by molar-refractivity contribution is -0.0322. The van der Waals surface area contributed by atoms with Gasteiger partial charge in [0.2, 0.25) is 11.9 Å². The van der Waals surface area contributed by atoms with Gasteiger partial charge in [0.25, 0.3) is 0 Å². The summed E-state index contributed by atoms with van der Waals surface area (Å²) in [6.45, 7) is 6.12. The number of ether oxygens (including phenoxy) is 1. The first-order valence-electron chi connectivity index (χ1n) is 9.20. The van der Waals surface area contributed by atoms with Gasteiger partial charge in [0, 0.05) is 37.0 Å². The molecular formula is C19H26N6O. The molecule has 4 rings (SSSR count). The number of nitrogens with zero attached hydrogens (tertiary/aromatic N) is 4. The Morgan fingerprint density at radius 2 is 2.04 bits per heavy atom. The fraction of sp³-hybridized carbons (Fsp3) is 0.526. The molecular weight excluding hydrogens is 328 g/mol. The maximum Gasteiger partial charge on any atom is 0.230 e. The van der Waals surface area contributed by atoms with Gasteiger partial charge in [-0.2, -0.15) is 4.98 Å². The number of benzene rings is 1. The molecule has 1 aromatic carbocycles. The third-order valence-electron chi connectivity index (χ3n) is 5.57. The van der Waals surface area contributed by atoms with E-state index in [1.165, 1.54) is 0 Å². The van der Waals surface area contributed by atoms with Gasteiger partial charge in [-0.3, -0.25) is 0 Å². The Morgan fingerprint density at radius 1 is 1.23 bits per heavy atom. The maximum atomic E-state index is 6.14. The lowest BCUT2D eigenvalue weighted by Crippen LogP contribution is -2.59. The number of rotatable bonds is 5. The van der Waals surface area contributed by atoms with Crippen molar-refractivity contribution in [3.05, 3.63) is 36.7 Å². The molecule has 26 heavy (non-hydrogen) atoms. The molecule has 0 spiro atoms. The second-order valence-electron chi connectivity index (χ2n) is 7.78. The monoisotopic (exact) mass is 354 g/mol. The van der Waals surface area contributed by atoms with E-state index in [1.54, 1.807) is 6.33 Å². The Kier molecular flexibility index (Phi) is 4.40. The Hall–Kier alpha value is -2.41. The van der Waals surface area contributed by atoms with Crippen molar-refractivity contribution < 1.29 is 4.74 Å². The first-order valence-corrected chi connectivity index (χ1v) is 9.20. The summed E-state index contributed by atoms with van der Waals surface area (Å²) in [5.74, 6) is 2.23. The molecule has 7 nitrogen and oxygen atoms in total. The first kappa shape index (κ1) is 17.0. The smallest absolute Gasteiger partial charge is 0.230 e. The number of hydrogen-bond donors (Lipinski definition) is 2. The Morgan fingerprint density at radius 3 is 2.73 bits per heavy atom. The molecule has 1 aliphatic heterocycles. The fourth-order valence-corrected chi connectivity index (χ4v) is 3.63. The number of aromatic nitrogens is 3. The van der Waals surface area contributed by atoms with Crippen molar-refractivity contribution in [2.45, 2.75) is 44.9 Å². The average molecular weight is 354 g/mol. The number of nitrogens with one attached hydrogen (secondary N) is 1. The van der Waals surface area contributed by atoms with Gasteiger partial charge >= 0.3 is 0 Å². The van der Waals surface area contributed by atoms with Gasteiger partial charge in [-0.15, -0.1) is 0 Å². The molecule has 2 aliphatic rings. The maximum absolute atomic E-state index is 6.14. The molecule has 1 saturated carbocycles. The van der Waals surface area contributed by atoms with Gasteiger partial charge in [-0.25, -0.2) is 9.97 Å². The zero-order valence-corrected chi connectivity index (χ0v) is 15.3. The summed E-state index contributed by atoms with van der Waals surface area (Å²) in [4.78, 5) is 15.3. The molecule has 3 N–H and O–H groups in total. The van der Waals surface area contributed by atoms with E-state index < -0.39 is 0 Å². The summed E-state index contributed by atoms with van der Waals surface area (Å²) in [7, 11) is 0. The highest BCUT2D eigenvalue weighted by Crippen LogP contribution is 2.44. The van der Waals surface area contributed by atoms with Gasteiger partial charge in [0.1, 0.15) is 18.2 Å². The van der Waals surface area contributed by atoms with Crippen LogP contribution < -0.4 is 20.7 Å². The normalized spacial score (nSPS) is 27.0. The Labute approximate surface area is 154 Å². The highest BCUT2D eigenvalue weighted by atomic mass is 16.5. The lowest BCUT2D eigenvalue weighted by atomic mass is 9.64. The molecule has 1 aromatic heterocycles. The minimum atomic E-state index is -0.0152. The molecule has 2 heterocycles. The van der Waals surface area contributed by atoms with Crippen LogP contribution in [0.2, 0.25) is 0 Å². The van der Waals surface area contributed by atoms with Crippen molar-refractivity contribution in [3.8, 4) is 5.75 Å². The number of hydrogen-bond acceptors (Lipinski definition) is 7. The third-order valence-corrected chi connectivity index (χ3v) is 5.57. The second kappa shape index (κ2) is 6.72. The molecule has 2 fully saturated rings. The lowest BCUT2D eigenvalue weighted by Gasteiger charge is -2.51. The van der Waals surface area contributed by atoms with Crippen molar-refractivity contribution in [2.75, 3.05) is 23.3 Å². The molecule has 1 saturated heterocycles. The van der Waals surface area contributed by atoms with E-state index in [9.17, 15) is 0 Å². The first-order chi connectivity index (χ1) is 12.5. The van der Waals surface area contributed by atoms with E-state index in [2.05, 4.69) is 39.0 Å². The van der Waals surface area contributed by atoms with Crippen LogP contribution in [0.4, 0.5) is 11.9 Å². The summed E-state index contributed by atoms with van der Waals surface area (Å²) in [6.07, 6.45) is 3.62. The summed E-state index contributed by atoms with van der Waals surface area (Å²) in [5, 5.41) is 3.46. The van der Waals surface area contributed by atoms with E-state index in [1.807, 2.05) is 30.3 Å². The van der Waals surface area contributed by atoms with E-state index in [4.69, 9.17) is 10.5 Å². The van der Waals surface area contributed by atoms with Crippen LogP contribution in [0.1, 0.15) is 26.7 Å². The minimum Gasteiger partial charge on any atom is -0.490 e. The summed E-state index contributed by atoms with van der Waals surface area (Å²) >= 11 is 0. The van der Waals surface area contributed by atoms with Crippen LogP contribution in [0.3, 0.4) is 0 Å². The summed E-state index contributed by atoms with van der Waals surface area (Å²) in [5.41, 5.74) is 5.97. The van der Waals surface area contributed by atoms with Crippen LogP contribution in [-0.4, -0.2) is 46.2 Å². The van der Waals surface area contributed by atoms with Crippen LogP contribution in [0, 0.1) is 5.41 Å². The molecule has 3 atom stereocenters. The quantitative estimate of drug-likeness (QED) is 0.849. The average Bonchev–Trinajstić information content (AvgIpc) is 3.08. The summed E-state index contributed by atoms with van der Waals surface area (Å²) < 4.78 is 6.14. The number of anilines is 2. The summed E-state index contributed by atoms with van der Waals surface area (Å²) in [6, 6.07) is 10.4. The van der Waals surface area contributed by atoms with Crippen LogP contribution >= 0.6 is 0 Å². The Balaban J connectivity index is 1.39. The zero-order chi connectivity index (χ0) is 18.1.